The molecule has 2 N–H and O–H groups in total. The molecule has 2 rings (SSSR count). The molecule has 1 aromatic heterocycles. The fraction of sp³-hybridized carbons (Fsp3) is 0.273. The Labute approximate surface area is 84.4 Å². The van der Waals surface area contributed by atoms with Gasteiger partial charge in [0.1, 0.15) is 5.58 Å². The summed E-state index contributed by atoms with van der Waals surface area (Å²) in [6.45, 7) is -2.72. The highest BCUT2D eigenvalue weighted by atomic mass is 16.3. The maximum Gasteiger partial charge on any atom is 0.133 e. The van der Waals surface area contributed by atoms with E-state index in [1.165, 1.54) is 6.26 Å². The summed E-state index contributed by atoms with van der Waals surface area (Å²) in [4.78, 5) is 0. The van der Waals surface area contributed by atoms with Gasteiger partial charge in [0.15, 0.2) is 0 Å². The zero-order chi connectivity index (χ0) is 13.6. The molecule has 2 unspecified atom stereocenters. The summed E-state index contributed by atoms with van der Waals surface area (Å²) < 4.78 is 42.4. The second-order valence-corrected chi connectivity index (χ2v) is 2.82. The van der Waals surface area contributed by atoms with Crippen LogP contribution in [0.1, 0.15) is 19.3 Å². The predicted molar refractivity (Wildman–Crippen MR) is 53.6 cm³/mol. The molecule has 1 heterocycles. The number of hydrogen-bond donors (Lipinski definition) is 1. The molecular formula is C11H13NO. The molecule has 0 saturated heterocycles. The van der Waals surface area contributed by atoms with Crippen LogP contribution in [0, 0.1) is 0 Å². The first-order valence-corrected chi connectivity index (χ1v) is 3.92. The first-order valence-electron chi connectivity index (χ1n) is 6.49. The van der Waals surface area contributed by atoms with Crippen molar-refractivity contribution in [3.8, 4) is 0 Å². The van der Waals surface area contributed by atoms with Crippen molar-refractivity contribution in [3.05, 3.63) is 36.1 Å². The van der Waals surface area contributed by atoms with E-state index in [1.807, 2.05) is 0 Å². The van der Waals surface area contributed by atoms with Gasteiger partial charge in [0.05, 0.1) is 6.26 Å². The van der Waals surface area contributed by atoms with Crippen LogP contribution in [-0.4, -0.2) is 6.02 Å². The van der Waals surface area contributed by atoms with Crippen molar-refractivity contribution >= 4 is 11.0 Å². The van der Waals surface area contributed by atoms with Crippen molar-refractivity contribution in [2.45, 2.75) is 19.3 Å². The lowest BCUT2D eigenvalue weighted by Crippen LogP contribution is -2.17. The van der Waals surface area contributed by atoms with Crippen molar-refractivity contribution in [1.29, 1.82) is 0 Å². The second kappa shape index (κ2) is 3.23. The van der Waals surface area contributed by atoms with Crippen LogP contribution in [0.2, 0.25) is 0 Å². The van der Waals surface area contributed by atoms with Crippen LogP contribution in [0.15, 0.2) is 34.9 Å². The number of fused-ring (bicyclic) bond motifs is 1. The average Bonchev–Trinajstić information content (AvgIpc) is 2.73. The zero-order valence-corrected chi connectivity index (χ0v) is 6.95. The third kappa shape index (κ3) is 1.73. The highest BCUT2D eigenvalue weighted by Gasteiger charge is 2.00. The predicted octanol–water partition coefficient (Wildman–Crippen LogP) is 2.32. The smallest absolute Gasteiger partial charge is 0.133 e. The largest absolute Gasteiger partial charge is 0.464 e. The molecule has 13 heavy (non-hydrogen) atoms. The maximum atomic E-state index is 7.90. The average molecular weight is 180 g/mol. The minimum absolute atomic E-state index is 0.387. The Hall–Kier alpha value is -1.28. The molecule has 2 nitrogen and oxygen atoms in total. The molecule has 0 amide bonds. The summed E-state index contributed by atoms with van der Waals surface area (Å²) in [5.41, 5.74) is 6.51. The minimum atomic E-state index is -2.72. The fourth-order valence-electron chi connectivity index (χ4n) is 1.25. The Bertz CT molecular complexity index is 560. The molecule has 2 atom stereocenters. The monoisotopic (exact) mass is 180 g/mol. The maximum absolute atomic E-state index is 7.90. The third-order valence-electron chi connectivity index (χ3n) is 1.80. The van der Waals surface area contributed by atoms with Crippen LogP contribution in [0.3, 0.4) is 0 Å². The normalized spacial score (nSPS) is 24.8. The van der Waals surface area contributed by atoms with E-state index in [-0.39, 0.29) is 0 Å². The van der Waals surface area contributed by atoms with Crippen LogP contribution in [0.4, 0.5) is 0 Å². The van der Waals surface area contributed by atoms with Gasteiger partial charge in [0.25, 0.3) is 0 Å². The van der Waals surface area contributed by atoms with E-state index in [4.69, 9.17) is 17.0 Å². The van der Waals surface area contributed by atoms with Gasteiger partial charge in [-0.3, -0.25) is 0 Å². The van der Waals surface area contributed by atoms with Crippen LogP contribution >= 0.6 is 0 Å². The van der Waals surface area contributed by atoms with E-state index in [1.54, 1.807) is 24.3 Å². The lowest BCUT2D eigenvalue weighted by Gasteiger charge is -2.04. The first-order chi connectivity index (χ1) is 8.23. The lowest BCUT2D eigenvalue weighted by molar-refractivity contribution is 0.615. The highest BCUT2D eigenvalue weighted by molar-refractivity contribution is 5.77. The molecule has 2 aromatic rings. The summed E-state index contributed by atoms with van der Waals surface area (Å²) in [6.07, 6.45) is 0.150. The van der Waals surface area contributed by atoms with E-state index in [2.05, 4.69) is 0 Å². The molecule has 0 fully saturated rings. The van der Waals surface area contributed by atoms with E-state index >= 15 is 0 Å². The molecule has 2 heteroatoms. The molecule has 0 spiro atoms. The van der Waals surface area contributed by atoms with Crippen molar-refractivity contribution in [2.24, 2.45) is 5.73 Å². The van der Waals surface area contributed by atoms with Crippen LogP contribution in [-0.2, 0) is 6.40 Å². The Kier molecular flexibility index (Phi) is 1.06. The zero-order valence-electron chi connectivity index (χ0n) is 11.9. The molecule has 0 radical (unpaired) electrons. The Morgan fingerprint density at radius 3 is 3.46 bits per heavy atom. The minimum Gasteiger partial charge on any atom is -0.464 e. The lowest BCUT2D eigenvalue weighted by atomic mass is 10.1. The van der Waals surface area contributed by atoms with Crippen molar-refractivity contribution < 1.29 is 11.3 Å². The Morgan fingerprint density at radius 1 is 1.69 bits per heavy atom. The van der Waals surface area contributed by atoms with E-state index in [9.17, 15) is 0 Å². The van der Waals surface area contributed by atoms with Gasteiger partial charge in [-0.15, -0.1) is 0 Å². The standard InChI is InChI=1S/C11H13NO/c1-8(12)6-9-2-3-11-10(7-9)4-5-13-11/h2-5,7-8H,6,12H2,1H3/i1D3,6D,8D. The van der Waals surface area contributed by atoms with Gasteiger partial charge in [-0.05, 0) is 37.0 Å². The summed E-state index contributed by atoms with van der Waals surface area (Å²) >= 11 is 0. The van der Waals surface area contributed by atoms with Gasteiger partial charge in [0, 0.05) is 18.3 Å². The number of benzene rings is 1. The number of nitrogens with two attached hydrogens (primary N) is 1. The van der Waals surface area contributed by atoms with Gasteiger partial charge >= 0.3 is 0 Å². The van der Waals surface area contributed by atoms with Gasteiger partial charge in [-0.1, -0.05) is 6.07 Å². The van der Waals surface area contributed by atoms with Crippen LogP contribution in [0.5, 0.6) is 0 Å². The molecule has 0 aliphatic heterocycles. The molecule has 0 saturated carbocycles. The molecule has 0 aliphatic rings. The van der Waals surface area contributed by atoms with Gasteiger partial charge in [-0.2, -0.15) is 0 Å². The Balaban J connectivity index is 2.41. The van der Waals surface area contributed by atoms with E-state index in [0.717, 1.165) is 5.39 Å². The first kappa shape index (κ1) is 4.29. The van der Waals surface area contributed by atoms with Crippen LogP contribution in [0.25, 0.3) is 11.0 Å². The summed E-state index contributed by atoms with van der Waals surface area (Å²) in [6, 6.07) is 4.19. The molecular weight excluding hydrogens is 162 g/mol. The SMILES string of the molecule is [2H]C(c1ccc2occc2c1)C([2H])(N)C([2H])([2H])[2H]. The summed E-state index contributed by atoms with van der Waals surface area (Å²) in [5.74, 6) is 0. The van der Waals surface area contributed by atoms with Crippen LogP contribution < -0.4 is 5.73 Å². The fourth-order valence-corrected chi connectivity index (χ4v) is 1.25. The second-order valence-electron chi connectivity index (χ2n) is 2.82. The molecule has 68 valence electrons. The molecule has 1 aromatic carbocycles. The highest BCUT2D eigenvalue weighted by Crippen LogP contribution is 2.17. The quantitative estimate of drug-likeness (QED) is 0.770. The molecule has 0 aliphatic carbocycles. The summed E-state index contributed by atoms with van der Waals surface area (Å²) in [7, 11) is 0. The third-order valence-corrected chi connectivity index (χ3v) is 1.80. The van der Waals surface area contributed by atoms with E-state index in [0.29, 0.717) is 11.1 Å². The van der Waals surface area contributed by atoms with Gasteiger partial charge in [-0.25, -0.2) is 0 Å². The van der Waals surface area contributed by atoms with Crippen molar-refractivity contribution in [2.75, 3.05) is 0 Å². The number of furan rings is 1. The van der Waals surface area contributed by atoms with E-state index < -0.39 is 19.3 Å². The van der Waals surface area contributed by atoms with Gasteiger partial charge < -0.3 is 10.2 Å². The Morgan fingerprint density at radius 2 is 2.62 bits per heavy atom. The number of hydrogen-bond acceptors (Lipinski definition) is 2. The topological polar surface area (TPSA) is 39.2 Å². The van der Waals surface area contributed by atoms with Crippen molar-refractivity contribution in [1.82, 2.24) is 0 Å². The van der Waals surface area contributed by atoms with Gasteiger partial charge in [0.2, 0.25) is 0 Å². The summed E-state index contributed by atoms with van der Waals surface area (Å²) in [5, 5.41) is 0.756. The molecule has 0 bridgehead atoms. The van der Waals surface area contributed by atoms with Crippen molar-refractivity contribution in [3.63, 3.8) is 0 Å². The number of rotatable bonds is 2.